The van der Waals surface area contributed by atoms with Gasteiger partial charge in [-0.2, -0.15) is 4.31 Å². The van der Waals surface area contributed by atoms with Crippen LogP contribution in [0.25, 0.3) is 11.3 Å². The quantitative estimate of drug-likeness (QED) is 0.265. The Morgan fingerprint density at radius 1 is 1.08 bits per heavy atom. The van der Waals surface area contributed by atoms with Crippen molar-refractivity contribution >= 4 is 15.7 Å². The van der Waals surface area contributed by atoms with Gasteiger partial charge < -0.3 is 23.5 Å². The van der Waals surface area contributed by atoms with Crippen LogP contribution in [0.1, 0.15) is 18.5 Å². The second-order valence-electron chi connectivity index (χ2n) is 8.28. The predicted molar refractivity (Wildman–Crippen MR) is 131 cm³/mol. The summed E-state index contributed by atoms with van der Waals surface area (Å²) in [5.74, 6) is 1.65. The number of sulfonamides is 1. The zero-order valence-corrected chi connectivity index (χ0v) is 21.4. The van der Waals surface area contributed by atoms with E-state index < -0.39 is 14.9 Å². The topological polar surface area (TPSA) is 143 Å². The van der Waals surface area contributed by atoms with Gasteiger partial charge in [0, 0.05) is 36.9 Å². The molecule has 37 heavy (non-hydrogen) atoms. The number of nitro groups is 1. The van der Waals surface area contributed by atoms with Gasteiger partial charge in [0.25, 0.3) is 5.69 Å². The SMILES string of the molecule is COc1cc(-c2cc(CN(CC3CCCO3)S(=O)(=O)c3ccc([N+](=O)[O-])cc3)no2)cc(OC)c1OC. The second-order valence-corrected chi connectivity index (χ2v) is 10.2. The maximum Gasteiger partial charge on any atom is 0.269 e. The van der Waals surface area contributed by atoms with Crippen molar-refractivity contribution < 1.29 is 36.8 Å². The third-order valence-corrected chi connectivity index (χ3v) is 7.79. The first-order chi connectivity index (χ1) is 17.8. The molecule has 1 atom stereocenters. The highest BCUT2D eigenvalue weighted by Crippen LogP contribution is 2.41. The van der Waals surface area contributed by atoms with Gasteiger partial charge in [-0.15, -0.1) is 0 Å². The van der Waals surface area contributed by atoms with Crippen LogP contribution < -0.4 is 14.2 Å². The normalized spacial score (nSPS) is 15.6. The van der Waals surface area contributed by atoms with Gasteiger partial charge in [-0.3, -0.25) is 10.1 Å². The zero-order chi connectivity index (χ0) is 26.6. The standard InChI is InChI=1S/C24H27N3O9S/c1-32-22-11-16(12-23(33-2)24(22)34-3)21-13-17(25-36-21)14-26(15-19-5-4-10-35-19)37(30,31)20-8-6-18(7-9-20)27(28)29/h6-9,11-13,19H,4-5,10,14-15H2,1-3H3. The molecule has 1 aliphatic heterocycles. The maximum atomic E-state index is 13.5. The van der Waals surface area contributed by atoms with Crippen LogP contribution in [0, 0.1) is 10.1 Å². The summed E-state index contributed by atoms with van der Waals surface area (Å²) < 4.78 is 55.6. The molecular weight excluding hydrogens is 506 g/mol. The molecule has 1 aliphatic rings. The van der Waals surface area contributed by atoms with E-state index in [9.17, 15) is 18.5 Å². The fraction of sp³-hybridized carbons (Fsp3) is 0.375. The van der Waals surface area contributed by atoms with Gasteiger partial charge in [0.05, 0.1) is 49.5 Å². The molecule has 1 unspecified atom stereocenters. The average Bonchev–Trinajstić information content (AvgIpc) is 3.60. The summed E-state index contributed by atoms with van der Waals surface area (Å²) in [6.45, 7) is 0.574. The van der Waals surface area contributed by atoms with Crippen LogP contribution in [0.15, 0.2) is 51.9 Å². The highest BCUT2D eigenvalue weighted by molar-refractivity contribution is 7.89. The van der Waals surface area contributed by atoms with Crippen LogP contribution in [-0.2, 0) is 21.3 Å². The van der Waals surface area contributed by atoms with E-state index in [0.29, 0.717) is 40.9 Å². The summed E-state index contributed by atoms with van der Waals surface area (Å²) >= 11 is 0. The van der Waals surface area contributed by atoms with E-state index in [0.717, 1.165) is 25.0 Å². The number of methoxy groups -OCH3 is 3. The maximum absolute atomic E-state index is 13.5. The lowest BCUT2D eigenvalue weighted by Gasteiger charge is -2.24. The minimum atomic E-state index is -4.02. The van der Waals surface area contributed by atoms with E-state index in [-0.39, 0.29) is 29.8 Å². The third kappa shape index (κ3) is 5.68. The van der Waals surface area contributed by atoms with Gasteiger partial charge in [-0.05, 0) is 37.1 Å². The van der Waals surface area contributed by atoms with Gasteiger partial charge >= 0.3 is 0 Å². The number of ether oxygens (including phenoxy) is 4. The minimum Gasteiger partial charge on any atom is -0.493 e. The van der Waals surface area contributed by atoms with Crippen molar-refractivity contribution in [1.82, 2.24) is 9.46 Å². The summed E-state index contributed by atoms with van der Waals surface area (Å²) in [4.78, 5) is 10.3. The number of aromatic nitrogens is 1. The summed E-state index contributed by atoms with van der Waals surface area (Å²) in [5, 5.41) is 15.1. The molecular formula is C24H27N3O9S. The third-order valence-electron chi connectivity index (χ3n) is 5.96. The Morgan fingerprint density at radius 2 is 1.76 bits per heavy atom. The molecule has 2 heterocycles. The molecule has 198 valence electrons. The number of nitro benzene ring substituents is 1. The van der Waals surface area contributed by atoms with E-state index in [1.54, 1.807) is 18.2 Å². The minimum absolute atomic E-state index is 0.0653. The molecule has 1 aromatic heterocycles. The zero-order valence-electron chi connectivity index (χ0n) is 20.6. The fourth-order valence-corrected chi connectivity index (χ4v) is 5.52. The monoisotopic (exact) mass is 533 g/mol. The van der Waals surface area contributed by atoms with Crippen LogP contribution in [0.3, 0.4) is 0 Å². The van der Waals surface area contributed by atoms with Gasteiger partial charge in [-0.25, -0.2) is 8.42 Å². The van der Waals surface area contributed by atoms with Crippen LogP contribution >= 0.6 is 0 Å². The summed E-state index contributed by atoms with van der Waals surface area (Å²) in [6.07, 6.45) is 1.29. The molecule has 0 aliphatic carbocycles. The molecule has 3 aromatic rings. The Kier molecular flexibility index (Phi) is 7.95. The Balaban J connectivity index is 1.64. The summed E-state index contributed by atoms with van der Waals surface area (Å²) in [5.41, 5.74) is 0.764. The van der Waals surface area contributed by atoms with Gasteiger partial charge in [0.2, 0.25) is 15.8 Å². The van der Waals surface area contributed by atoms with Crippen molar-refractivity contribution in [1.29, 1.82) is 0 Å². The molecule has 13 heteroatoms. The second kappa shape index (κ2) is 11.2. The largest absolute Gasteiger partial charge is 0.493 e. The Bertz CT molecular complexity index is 1330. The lowest BCUT2D eigenvalue weighted by molar-refractivity contribution is -0.384. The first-order valence-electron chi connectivity index (χ1n) is 11.4. The number of nitrogens with zero attached hydrogens (tertiary/aromatic N) is 3. The van der Waals surface area contributed by atoms with Gasteiger partial charge in [0.1, 0.15) is 0 Å². The van der Waals surface area contributed by atoms with E-state index in [1.165, 1.54) is 37.8 Å². The van der Waals surface area contributed by atoms with Crippen LogP contribution in [0.5, 0.6) is 17.2 Å². The van der Waals surface area contributed by atoms with Crippen molar-refractivity contribution in [3.05, 3.63) is 58.3 Å². The van der Waals surface area contributed by atoms with E-state index >= 15 is 0 Å². The fourth-order valence-electron chi connectivity index (χ4n) is 4.08. The molecule has 1 saturated heterocycles. The molecule has 0 spiro atoms. The summed E-state index contributed by atoms with van der Waals surface area (Å²) in [7, 11) is 0.476. The van der Waals surface area contributed by atoms with Crippen molar-refractivity contribution in [2.45, 2.75) is 30.4 Å². The Hall–Kier alpha value is -3.68. The number of rotatable bonds is 11. The van der Waals surface area contributed by atoms with Gasteiger partial charge in [0.15, 0.2) is 17.3 Å². The average molecular weight is 534 g/mol. The van der Waals surface area contributed by atoms with Crippen LogP contribution in [-0.4, -0.2) is 63.4 Å². The van der Waals surface area contributed by atoms with Crippen molar-refractivity contribution in [3.63, 3.8) is 0 Å². The number of non-ortho nitro benzene ring substituents is 1. The molecule has 12 nitrogen and oxygen atoms in total. The number of hydrogen-bond donors (Lipinski definition) is 0. The molecule has 0 amide bonds. The van der Waals surface area contributed by atoms with E-state index in [2.05, 4.69) is 5.16 Å². The molecule has 0 bridgehead atoms. The van der Waals surface area contributed by atoms with E-state index in [1.807, 2.05) is 0 Å². The van der Waals surface area contributed by atoms with Gasteiger partial charge in [-0.1, -0.05) is 5.16 Å². The van der Waals surface area contributed by atoms with Crippen molar-refractivity contribution in [3.8, 4) is 28.6 Å². The number of hydrogen-bond acceptors (Lipinski definition) is 10. The van der Waals surface area contributed by atoms with Crippen molar-refractivity contribution in [2.24, 2.45) is 0 Å². The first-order valence-corrected chi connectivity index (χ1v) is 12.8. The smallest absolute Gasteiger partial charge is 0.269 e. The van der Waals surface area contributed by atoms with E-state index in [4.69, 9.17) is 23.5 Å². The molecule has 2 aromatic carbocycles. The lowest BCUT2D eigenvalue weighted by Crippen LogP contribution is -2.37. The molecule has 1 fully saturated rings. The molecule has 0 N–H and O–H groups in total. The Morgan fingerprint density at radius 3 is 2.30 bits per heavy atom. The first kappa shape index (κ1) is 26.4. The molecule has 4 rings (SSSR count). The molecule has 0 radical (unpaired) electrons. The van der Waals surface area contributed by atoms with Crippen LogP contribution in [0.2, 0.25) is 0 Å². The van der Waals surface area contributed by atoms with Crippen molar-refractivity contribution in [2.75, 3.05) is 34.5 Å². The predicted octanol–water partition coefficient (Wildman–Crippen LogP) is 3.65. The highest BCUT2D eigenvalue weighted by Gasteiger charge is 2.31. The molecule has 0 saturated carbocycles. The van der Waals surface area contributed by atoms with Crippen LogP contribution in [0.4, 0.5) is 5.69 Å². The number of benzene rings is 2. The lowest BCUT2D eigenvalue weighted by atomic mass is 10.1. The summed E-state index contributed by atoms with van der Waals surface area (Å²) in [6, 6.07) is 9.80. The highest BCUT2D eigenvalue weighted by atomic mass is 32.2. The Labute approximate surface area is 213 Å².